The Morgan fingerprint density at radius 2 is 2.04 bits per heavy atom. The second-order valence-electron chi connectivity index (χ2n) is 8.12. The number of aromatic nitrogens is 1. The molecular weight excluding hydrogens is 352 g/mol. The Bertz CT molecular complexity index is 561. The first-order valence-corrected chi connectivity index (χ1v) is 11.1. The lowest BCUT2D eigenvalue weighted by molar-refractivity contribution is 0.168. The molecule has 1 saturated carbocycles. The molecule has 7 nitrogen and oxygen atoms in total. The highest BCUT2D eigenvalue weighted by Gasteiger charge is 2.20. The molecule has 0 aromatic carbocycles. The van der Waals surface area contributed by atoms with Gasteiger partial charge in [0.05, 0.1) is 5.69 Å². The number of nitrogens with zero attached hydrogens (tertiary/aromatic N) is 5. The van der Waals surface area contributed by atoms with Crippen molar-refractivity contribution in [2.45, 2.75) is 58.0 Å². The van der Waals surface area contributed by atoms with Crippen molar-refractivity contribution in [3.63, 3.8) is 0 Å². The number of rotatable bonds is 8. The molecule has 28 heavy (non-hydrogen) atoms. The summed E-state index contributed by atoms with van der Waals surface area (Å²) < 4.78 is 4.94. The average Bonchev–Trinajstić information content (AvgIpc) is 3.24. The third-order valence-electron chi connectivity index (χ3n) is 6.01. The van der Waals surface area contributed by atoms with E-state index in [1.54, 1.807) is 6.26 Å². The van der Waals surface area contributed by atoms with Crippen molar-refractivity contribution in [3.8, 4) is 0 Å². The van der Waals surface area contributed by atoms with E-state index in [9.17, 15) is 0 Å². The van der Waals surface area contributed by atoms with Gasteiger partial charge in [0.2, 0.25) is 0 Å². The van der Waals surface area contributed by atoms with Gasteiger partial charge in [0.25, 0.3) is 0 Å². The molecule has 0 atom stereocenters. The molecular formula is C21H38N6O. The van der Waals surface area contributed by atoms with Crippen LogP contribution in [0.15, 0.2) is 21.8 Å². The van der Waals surface area contributed by atoms with E-state index in [2.05, 4.69) is 39.1 Å². The summed E-state index contributed by atoms with van der Waals surface area (Å²) in [6.07, 6.45) is 9.76. The van der Waals surface area contributed by atoms with Gasteiger partial charge < -0.3 is 19.6 Å². The van der Waals surface area contributed by atoms with E-state index in [1.165, 1.54) is 32.1 Å². The van der Waals surface area contributed by atoms with E-state index in [1.807, 2.05) is 6.07 Å². The fourth-order valence-electron chi connectivity index (χ4n) is 4.30. The molecule has 3 rings (SSSR count). The standard InChI is InChI=1S/C21H38N6O/c1-3-22-21(23-11-7-12-25(2)20-8-5-4-6-9-20)27-15-13-26(14-16-27)18-19-10-17-28-24-19/h10,17,20H,3-9,11-16,18H2,1-2H3,(H,22,23). The summed E-state index contributed by atoms with van der Waals surface area (Å²) in [5, 5.41) is 7.50. The van der Waals surface area contributed by atoms with Crippen molar-refractivity contribution >= 4 is 5.96 Å². The van der Waals surface area contributed by atoms with Gasteiger partial charge in [-0.1, -0.05) is 24.4 Å². The van der Waals surface area contributed by atoms with E-state index < -0.39 is 0 Å². The van der Waals surface area contributed by atoms with Crippen molar-refractivity contribution in [1.29, 1.82) is 0 Å². The molecule has 1 aliphatic carbocycles. The van der Waals surface area contributed by atoms with Crippen LogP contribution in [-0.4, -0.2) is 84.7 Å². The maximum absolute atomic E-state index is 4.94. The Morgan fingerprint density at radius 1 is 1.25 bits per heavy atom. The average molecular weight is 391 g/mol. The molecule has 2 aliphatic rings. The van der Waals surface area contributed by atoms with Gasteiger partial charge in [-0.3, -0.25) is 9.89 Å². The maximum Gasteiger partial charge on any atom is 0.194 e. The summed E-state index contributed by atoms with van der Waals surface area (Å²) in [6.45, 7) is 10.1. The Morgan fingerprint density at radius 3 is 2.71 bits per heavy atom. The van der Waals surface area contributed by atoms with Gasteiger partial charge in [-0.05, 0) is 39.8 Å². The molecule has 0 unspecified atom stereocenters. The molecule has 0 bridgehead atoms. The van der Waals surface area contributed by atoms with Crippen LogP contribution < -0.4 is 5.32 Å². The molecule has 0 spiro atoms. The van der Waals surface area contributed by atoms with E-state index in [0.717, 1.165) is 76.5 Å². The maximum atomic E-state index is 4.94. The van der Waals surface area contributed by atoms with Gasteiger partial charge >= 0.3 is 0 Å². The van der Waals surface area contributed by atoms with Gasteiger partial charge in [0.15, 0.2) is 5.96 Å². The molecule has 1 saturated heterocycles. The van der Waals surface area contributed by atoms with E-state index in [0.29, 0.717) is 0 Å². The van der Waals surface area contributed by atoms with Gasteiger partial charge in [-0.25, -0.2) is 0 Å². The number of hydrogen-bond donors (Lipinski definition) is 1. The first-order chi connectivity index (χ1) is 13.8. The molecule has 2 fully saturated rings. The minimum absolute atomic E-state index is 0.795. The summed E-state index contributed by atoms with van der Waals surface area (Å²) in [6, 6.07) is 2.74. The number of nitrogens with one attached hydrogen (secondary N) is 1. The normalized spacial score (nSPS) is 20.1. The highest BCUT2D eigenvalue weighted by Crippen LogP contribution is 2.21. The van der Waals surface area contributed by atoms with E-state index in [4.69, 9.17) is 9.52 Å². The predicted octanol–water partition coefficient (Wildman–Crippen LogP) is 2.41. The number of piperazine rings is 1. The van der Waals surface area contributed by atoms with Gasteiger partial charge in [0, 0.05) is 57.9 Å². The number of aliphatic imine (C=N–C) groups is 1. The van der Waals surface area contributed by atoms with Crippen LogP contribution in [0.5, 0.6) is 0 Å². The van der Waals surface area contributed by atoms with Crippen molar-refractivity contribution < 1.29 is 4.52 Å². The Balaban J connectivity index is 1.40. The number of hydrogen-bond acceptors (Lipinski definition) is 5. The quantitative estimate of drug-likeness (QED) is 0.418. The molecule has 158 valence electrons. The van der Waals surface area contributed by atoms with Crippen molar-refractivity contribution in [3.05, 3.63) is 18.0 Å². The monoisotopic (exact) mass is 390 g/mol. The lowest BCUT2D eigenvalue weighted by atomic mass is 9.94. The zero-order valence-electron chi connectivity index (χ0n) is 17.8. The first kappa shape index (κ1) is 21.1. The fraction of sp³-hybridized carbons (Fsp3) is 0.810. The topological polar surface area (TPSA) is 60.1 Å². The molecule has 1 aliphatic heterocycles. The van der Waals surface area contributed by atoms with E-state index in [-0.39, 0.29) is 0 Å². The summed E-state index contributed by atoms with van der Waals surface area (Å²) >= 11 is 0. The Hall–Kier alpha value is -1.60. The van der Waals surface area contributed by atoms with Gasteiger partial charge in [-0.15, -0.1) is 0 Å². The molecule has 0 radical (unpaired) electrons. The van der Waals surface area contributed by atoms with Gasteiger partial charge in [-0.2, -0.15) is 0 Å². The summed E-state index contributed by atoms with van der Waals surface area (Å²) in [5.74, 6) is 1.07. The van der Waals surface area contributed by atoms with Crippen LogP contribution >= 0.6 is 0 Å². The van der Waals surface area contributed by atoms with Gasteiger partial charge in [0.1, 0.15) is 6.26 Å². The molecule has 0 amide bonds. The van der Waals surface area contributed by atoms with Crippen LogP contribution in [0.1, 0.15) is 51.1 Å². The summed E-state index contributed by atoms with van der Waals surface area (Å²) in [7, 11) is 2.29. The Kier molecular flexibility index (Phi) is 8.61. The van der Waals surface area contributed by atoms with Crippen LogP contribution in [-0.2, 0) is 6.54 Å². The second-order valence-corrected chi connectivity index (χ2v) is 8.12. The largest absolute Gasteiger partial charge is 0.364 e. The second kappa shape index (κ2) is 11.4. The minimum Gasteiger partial charge on any atom is -0.364 e. The van der Waals surface area contributed by atoms with E-state index >= 15 is 0 Å². The molecule has 2 heterocycles. The van der Waals surface area contributed by atoms with Crippen LogP contribution in [0.2, 0.25) is 0 Å². The molecule has 1 N–H and O–H groups in total. The van der Waals surface area contributed by atoms with Crippen LogP contribution in [0, 0.1) is 0 Å². The van der Waals surface area contributed by atoms with Crippen molar-refractivity contribution in [2.75, 3.05) is 52.9 Å². The predicted molar refractivity (Wildman–Crippen MR) is 113 cm³/mol. The smallest absolute Gasteiger partial charge is 0.194 e. The third-order valence-corrected chi connectivity index (χ3v) is 6.01. The third kappa shape index (κ3) is 6.48. The lowest BCUT2D eigenvalue weighted by Crippen LogP contribution is -2.52. The molecule has 7 heteroatoms. The molecule has 1 aromatic heterocycles. The number of guanidine groups is 1. The zero-order chi connectivity index (χ0) is 19.6. The SMILES string of the molecule is CCNC(=NCCCN(C)C1CCCCC1)N1CCN(Cc2ccon2)CC1. The fourth-order valence-corrected chi connectivity index (χ4v) is 4.30. The van der Waals surface area contributed by atoms with Crippen molar-refractivity contribution in [2.24, 2.45) is 4.99 Å². The lowest BCUT2D eigenvalue weighted by Gasteiger charge is -2.36. The van der Waals surface area contributed by atoms with Crippen molar-refractivity contribution in [1.82, 2.24) is 25.2 Å². The summed E-state index contributed by atoms with van der Waals surface area (Å²) in [4.78, 5) is 12.3. The highest BCUT2D eigenvalue weighted by atomic mass is 16.5. The van der Waals surface area contributed by atoms with Crippen LogP contribution in [0.4, 0.5) is 0 Å². The Labute approximate surface area is 170 Å². The van der Waals surface area contributed by atoms with Crippen LogP contribution in [0.3, 0.4) is 0 Å². The first-order valence-electron chi connectivity index (χ1n) is 11.1. The minimum atomic E-state index is 0.795. The summed E-state index contributed by atoms with van der Waals surface area (Å²) in [5.41, 5.74) is 1.01. The highest BCUT2D eigenvalue weighted by molar-refractivity contribution is 5.80. The molecule has 1 aromatic rings. The zero-order valence-corrected chi connectivity index (χ0v) is 17.8. The van der Waals surface area contributed by atoms with Crippen LogP contribution in [0.25, 0.3) is 0 Å².